The van der Waals surface area contributed by atoms with Crippen LogP contribution in [-0.2, 0) is 20.9 Å². The average molecular weight is 472 g/mol. The number of ketones is 1. The minimum Gasteiger partial charge on any atom is -0.343 e. The Bertz CT molecular complexity index is 1240. The summed E-state index contributed by atoms with van der Waals surface area (Å²) in [4.78, 5) is 26.6. The predicted molar refractivity (Wildman–Crippen MR) is 120 cm³/mol. The second-order valence-corrected chi connectivity index (χ2v) is 9.68. The molecule has 0 spiro atoms. The van der Waals surface area contributed by atoms with Gasteiger partial charge in [-0.25, -0.2) is 20.1 Å². The maximum atomic E-state index is 13.1. The molecular formula is C21H21N5O4S2. The highest BCUT2D eigenvalue weighted by atomic mass is 32.2. The van der Waals surface area contributed by atoms with Crippen LogP contribution in [0.15, 0.2) is 60.8 Å². The third kappa shape index (κ3) is 5.82. The van der Waals surface area contributed by atoms with Crippen molar-refractivity contribution in [1.29, 1.82) is 0 Å². The summed E-state index contributed by atoms with van der Waals surface area (Å²) >= 11 is 1.35. The number of aromatic nitrogens is 3. The predicted octanol–water partition coefficient (Wildman–Crippen LogP) is 2.68. The maximum Gasteiger partial charge on any atom is 0.333 e. The van der Waals surface area contributed by atoms with Crippen molar-refractivity contribution in [2.75, 3.05) is 11.9 Å². The molecule has 32 heavy (non-hydrogen) atoms. The molecule has 0 radical (unpaired) electrons. The Morgan fingerprint density at radius 3 is 2.81 bits per heavy atom. The van der Waals surface area contributed by atoms with Gasteiger partial charge in [-0.05, 0) is 24.3 Å². The Labute approximate surface area is 189 Å². The highest BCUT2D eigenvalue weighted by Crippen LogP contribution is 2.28. The fraction of sp³-hybridized carbons (Fsp3) is 0.238. The van der Waals surface area contributed by atoms with Crippen LogP contribution in [0.4, 0.5) is 5.82 Å². The second kappa shape index (κ2) is 9.65. The number of allylic oxidation sites excluding steroid dienone is 2. The molecule has 2 aromatic heterocycles. The zero-order valence-corrected chi connectivity index (χ0v) is 18.6. The zero-order valence-electron chi connectivity index (χ0n) is 17.0. The highest BCUT2D eigenvalue weighted by Gasteiger charge is 2.23. The minimum atomic E-state index is -3.97. The number of benzene rings is 1. The Morgan fingerprint density at radius 1 is 1.22 bits per heavy atom. The Hall–Kier alpha value is -2.99. The van der Waals surface area contributed by atoms with Gasteiger partial charge in [0.05, 0.1) is 12.2 Å². The molecule has 2 heterocycles. The van der Waals surface area contributed by atoms with E-state index in [9.17, 15) is 13.2 Å². The normalized spacial score (nSPS) is 16.0. The SMILES string of the molecule is NS(=O)(=O)OC[C@@H]1CC=C(Nc2ncncc2C(=O)c2ncc(Cc3ccccc3)s2)C1. The van der Waals surface area contributed by atoms with Crippen molar-refractivity contribution in [1.82, 2.24) is 15.0 Å². The standard InChI is InChI=1S/C21H21N5O4S2/c22-32(28,29)30-12-15-6-7-16(8-15)26-20-18(11-23-13-25-20)19(27)21-24-10-17(31-21)9-14-4-2-1-3-5-14/h1-5,7,10-11,13,15H,6,8-9,12H2,(H2,22,28,29)(H,23,25,26)/t15-/m1/s1. The molecule has 1 aromatic carbocycles. The average Bonchev–Trinajstić information content (AvgIpc) is 3.42. The van der Waals surface area contributed by atoms with Crippen molar-refractivity contribution < 1.29 is 17.4 Å². The van der Waals surface area contributed by atoms with Crippen molar-refractivity contribution >= 4 is 33.2 Å². The van der Waals surface area contributed by atoms with Crippen LogP contribution in [0.2, 0.25) is 0 Å². The number of hydrogen-bond acceptors (Lipinski definition) is 9. The molecule has 1 atom stereocenters. The van der Waals surface area contributed by atoms with Crippen molar-refractivity contribution in [3.63, 3.8) is 0 Å². The summed E-state index contributed by atoms with van der Waals surface area (Å²) in [6, 6.07) is 9.98. The number of nitrogens with two attached hydrogens (primary N) is 1. The van der Waals surface area contributed by atoms with E-state index in [1.807, 2.05) is 36.4 Å². The van der Waals surface area contributed by atoms with Crippen molar-refractivity contribution in [2.45, 2.75) is 19.3 Å². The zero-order chi connectivity index (χ0) is 22.6. The van der Waals surface area contributed by atoms with Crippen LogP contribution in [0.1, 0.15) is 38.6 Å². The molecule has 0 unspecified atom stereocenters. The van der Waals surface area contributed by atoms with Crippen LogP contribution >= 0.6 is 11.3 Å². The van der Waals surface area contributed by atoms with Crippen molar-refractivity contribution in [3.8, 4) is 0 Å². The van der Waals surface area contributed by atoms with Gasteiger partial charge in [0.15, 0.2) is 5.01 Å². The molecule has 0 saturated carbocycles. The third-order valence-electron chi connectivity index (χ3n) is 4.88. The van der Waals surface area contributed by atoms with Crippen LogP contribution in [0, 0.1) is 5.92 Å². The van der Waals surface area contributed by atoms with Gasteiger partial charge in [0.25, 0.3) is 0 Å². The molecule has 3 aromatic rings. The van der Waals surface area contributed by atoms with E-state index in [1.165, 1.54) is 23.9 Å². The van der Waals surface area contributed by atoms with Crippen LogP contribution in [0.25, 0.3) is 0 Å². The van der Waals surface area contributed by atoms with Gasteiger partial charge in [-0.2, -0.15) is 8.42 Å². The summed E-state index contributed by atoms with van der Waals surface area (Å²) in [5.74, 6) is 0.0884. The van der Waals surface area contributed by atoms with Crippen LogP contribution < -0.4 is 10.5 Å². The van der Waals surface area contributed by atoms with Gasteiger partial charge in [-0.15, -0.1) is 11.3 Å². The monoisotopic (exact) mass is 471 g/mol. The quantitative estimate of drug-likeness (QED) is 0.455. The number of carbonyl (C=O) groups is 1. The third-order valence-corrected chi connectivity index (χ3v) is 6.34. The van der Waals surface area contributed by atoms with E-state index < -0.39 is 10.3 Å². The lowest BCUT2D eigenvalue weighted by Crippen LogP contribution is -2.20. The van der Waals surface area contributed by atoms with Gasteiger partial charge in [0.2, 0.25) is 5.78 Å². The largest absolute Gasteiger partial charge is 0.343 e. The maximum absolute atomic E-state index is 13.1. The highest BCUT2D eigenvalue weighted by molar-refractivity contribution is 7.84. The smallest absolute Gasteiger partial charge is 0.333 e. The van der Waals surface area contributed by atoms with Crippen molar-refractivity contribution in [3.05, 3.63) is 81.8 Å². The Kier molecular flexibility index (Phi) is 6.70. The molecule has 0 fully saturated rings. The first-order valence-corrected chi connectivity index (χ1v) is 12.1. The Balaban J connectivity index is 1.43. The second-order valence-electron chi connectivity index (χ2n) is 7.35. The lowest BCUT2D eigenvalue weighted by molar-refractivity contribution is 0.103. The molecule has 1 aliphatic carbocycles. The van der Waals surface area contributed by atoms with E-state index in [0.717, 1.165) is 16.1 Å². The number of carbonyl (C=O) groups excluding carboxylic acids is 1. The first-order chi connectivity index (χ1) is 15.4. The minimum absolute atomic E-state index is 0.000614. The summed E-state index contributed by atoms with van der Waals surface area (Å²) in [6.07, 6.45) is 8.35. The first-order valence-electron chi connectivity index (χ1n) is 9.84. The summed E-state index contributed by atoms with van der Waals surface area (Å²) < 4.78 is 26.6. The van der Waals surface area contributed by atoms with Crippen LogP contribution in [0.3, 0.4) is 0 Å². The molecule has 0 saturated heterocycles. The summed E-state index contributed by atoms with van der Waals surface area (Å²) in [5.41, 5.74) is 2.29. The Morgan fingerprint density at radius 2 is 2.03 bits per heavy atom. The number of thiazole rings is 1. The molecule has 0 bridgehead atoms. The van der Waals surface area contributed by atoms with Gasteiger partial charge >= 0.3 is 10.3 Å². The topological polar surface area (TPSA) is 137 Å². The molecule has 1 aliphatic rings. The molecule has 0 aliphatic heterocycles. The fourth-order valence-electron chi connectivity index (χ4n) is 3.36. The van der Waals surface area contributed by atoms with Gasteiger partial charge in [-0.1, -0.05) is 36.4 Å². The lowest BCUT2D eigenvalue weighted by atomic mass is 10.1. The van der Waals surface area contributed by atoms with Gasteiger partial charge < -0.3 is 5.32 Å². The van der Waals surface area contributed by atoms with E-state index in [-0.39, 0.29) is 18.3 Å². The summed E-state index contributed by atoms with van der Waals surface area (Å²) in [7, 11) is -3.97. The summed E-state index contributed by atoms with van der Waals surface area (Å²) in [5, 5.41) is 8.42. The summed E-state index contributed by atoms with van der Waals surface area (Å²) in [6.45, 7) is -0.000614. The first kappa shape index (κ1) is 22.2. The number of anilines is 1. The van der Waals surface area contributed by atoms with Gasteiger partial charge in [0, 0.05) is 29.4 Å². The van der Waals surface area contributed by atoms with E-state index in [1.54, 1.807) is 6.20 Å². The van der Waals surface area contributed by atoms with Crippen molar-refractivity contribution in [2.24, 2.45) is 11.1 Å². The fourth-order valence-corrected chi connectivity index (χ4v) is 4.64. The number of hydrogen-bond donors (Lipinski definition) is 2. The molecule has 11 heteroatoms. The number of nitrogens with one attached hydrogen (secondary N) is 1. The van der Waals surface area contributed by atoms with Crippen LogP contribution in [0.5, 0.6) is 0 Å². The number of rotatable bonds is 9. The molecule has 3 N–H and O–H groups in total. The van der Waals surface area contributed by atoms with Gasteiger partial charge in [-0.3, -0.25) is 8.98 Å². The van der Waals surface area contributed by atoms with Gasteiger partial charge in [0.1, 0.15) is 12.1 Å². The molecular weight excluding hydrogens is 450 g/mol. The lowest BCUT2D eigenvalue weighted by Gasteiger charge is -2.12. The van der Waals surface area contributed by atoms with E-state index >= 15 is 0 Å². The molecule has 9 nitrogen and oxygen atoms in total. The molecule has 166 valence electrons. The van der Waals surface area contributed by atoms with E-state index in [0.29, 0.717) is 35.7 Å². The van der Waals surface area contributed by atoms with E-state index in [2.05, 4.69) is 24.5 Å². The molecule has 0 amide bonds. The van der Waals surface area contributed by atoms with E-state index in [4.69, 9.17) is 5.14 Å². The van der Waals surface area contributed by atoms with Crippen LogP contribution in [-0.4, -0.2) is 35.8 Å². The molecule has 4 rings (SSSR count). The number of nitrogens with zero attached hydrogens (tertiary/aromatic N) is 3.